The highest BCUT2D eigenvalue weighted by Gasteiger charge is 2.51. The number of ether oxygens (including phenoxy) is 6. The summed E-state index contributed by atoms with van der Waals surface area (Å²) in [4.78, 5) is 47.8. The molecule has 1 aromatic carbocycles. The largest absolute Gasteiger partial charge is 0.486 e. The minimum Gasteiger partial charge on any atom is -0.486 e. The second-order valence-corrected chi connectivity index (χ2v) is 9.56. The van der Waals surface area contributed by atoms with Crippen molar-refractivity contribution in [2.75, 3.05) is 13.2 Å². The molecule has 1 aliphatic rings. The molecule has 1 fully saturated rings. The van der Waals surface area contributed by atoms with Gasteiger partial charge in [-0.15, -0.1) is 0 Å². The van der Waals surface area contributed by atoms with Crippen molar-refractivity contribution in [3.63, 3.8) is 0 Å². The first kappa shape index (κ1) is 29.4. The van der Waals surface area contributed by atoms with Crippen LogP contribution in [0.25, 0.3) is 11.0 Å². The lowest BCUT2D eigenvalue weighted by atomic mass is 10.1. The maximum atomic E-state index is 12.7. The number of fused-ring (bicyclic) bond motifs is 1. The van der Waals surface area contributed by atoms with E-state index in [1.807, 2.05) is 0 Å². The van der Waals surface area contributed by atoms with Crippen molar-refractivity contribution in [2.45, 2.75) is 78.0 Å². The predicted molar refractivity (Wildman–Crippen MR) is 137 cm³/mol. The second kappa shape index (κ2) is 13.6. The molecule has 1 saturated heterocycles. The molecule has 3 rings (SSSR count). The van der Waals surface area contributed by atoms with Crippen LogP contribution in [0.5, 0.6) is 11.5 Å². The third-order valence-electron chi connectivity index (χ3n) is 5.63. The fraction of sp³-hybridized carbons (Fsp3) is 0.538. The van der Waals surface area contributed by atoms with Crippen molar-refractivity contribution in [1.29, 1.82) is 0 Å². The minimum absolute atomic E-state index is 0.148. The Bertz CT molecular complexity index is 1210. The molecule has 2 heterocycles. The minimum atomic E-state index is -1.27. The van der Waals surface area contributed by atoms with Crippen LogP contribution in [-0.4, -0.2) is 55.7 Å². The van der Waals surface area contributed by atoms with Crippen LogP contribution >= 0.6 is 15.9 Å². The van der Waals surface area contributed by atoms with Crippen LogP contribution in [0.4, 0.5) is 0 Å². The maximum absolute atomic E-state index is 12.7. The summed E-state index contributed by atoms with van der Waals surface area (Å²) in [5, 5.41) is 0.268. The number of unbranched alkanes of at least 4 members (excludes halogenated alkanes) is 3. The van der Waals surface area contributed by atoms with Crippen LogP contribution in [0.1, 0.15) is 53.4 Å². The van der Waals surface area contributed by atoms with Crippen molar-refractivity contribution in [1.82, 2.24) is 0 Å². The Hall–Kier alpha value is -3.12. The van der Waals surface area contributed by atoms with Crippen molar-refractivity contribution in [2.24, 2.45) is 0 Å². The Balaban J connectivity index is 1.97. The van der Waals surface area contributed by atoms with Gasteiger partial charge in [-0.1, -0.05) is 26.2 Å². The molecule has 4 atom stereocenters. The summed E-state index contributed by atoms with van der Waals surface area (Å²) in [6.45, 7) is 5.76. The van der Waals surface area contributed by atoms with Gasteiger partial charge in [0.05, 0.1) is 12.0 Å². The molecule has 11 nitrogen and oxygen atoms in total. The van der Waals surface area contributed by atoms with Gasteiger partial charge in [0.2, 0.25) is 23.6 Å². The zero-order valence-corrected chi connectivity index (χ0v) is 23.2. The van der Waals surface area contributed by atoms with Crippen molar-refractivity contribution < 1.29 is 47.2 Å². The Kier molecular flexibility index (Phi) is 10.5. The Morgan fingerprint density at radius 2 is 1.68 bits per heavy atom. The van der Waals surface area contributed by atoms with Gasteiger partial charge < -0.3 is 32.8 Å². The van der Waals surface area contributed by atoms with Gasteiger partial charge in [0.15, 0.2) is 17.4 Å². The molecule has 0 amide bonds. The summed E-state index contributed by atoms with van der Waals surface area (Å²) in [7, 11) is 0. The number of carbonyl (C=O) groups excluding carboxylic acids is 3. The highest BCUT2D eigenvalue weighted by molar-refractivity contribution is 9.10. The van der Waals surface area contributed by atoms with E-state index in [1.165, 1.54) is 39.2 Å². The molecule has 0 aliphatic carbocycles. The number of carbonyl (C=O) groups is 3. The molecule has 0 N–H and O–H groups in total. The molecule has 208 valence electrons. The summed E-state index contributed by atoms with van der Waals surface area (Å²) in [5.74, 6) is -1.58. The summed E-state index contributed by atoms with van der Waals surface area (Å²) >= 11 is 3.18. The van der Waals surface area contributed by atoms with E-state index in [1.54, 1.807) is 0 Å². The third-order valence-corrected chi connectivity index (χ3v) is 6.17. The average molecular weight is 599 g/mol. The number of hydrogen-bond donors (Lipinski definition) is 0. The molecular formula is C26H31BrO11. The zero-order valence-electron chi connectivity index (χ0n) is 21.7. The van der Waals surface area contributed by atoms with Gasteiger partial charge in [0.25, 0.3) is 0 Å². The number of halogens is 1. The van der Waals surface area contributed by atoms with E-state index in [4.69, 9.17) is 32.8 Å². The zero-order chi connectivity index (χ0) is 27.8. The summed E-state index contributed by atoms with van der Waals surface area (Å²) in [5.41, 5.74) is -0.124. The lowest BCUT2D eigenvalue weighted by molar-refractivity contribution is -0.170. The normalized spacial score (nSPS) is 20.7. The topological polar surface area (TPSA) is 137 Å². The molecule has 1 aliphatic heterocycles. The predicted octanol–water partition coefficient (Wildman–Crippen LogP) is 4.04. The van der Waals surface area contributed by atoms with E-state index in [2.05, 4.69) is 22.9 Å². The number of hydrogen-bond acceptors (Lipinski definition) is 11. The van der Waals surface area contributed by atoms with Crippen LogP contribution in [0.15, 0.2) is 32.1 Å². The molecule has 12 heteroatoms. The van der Waals surface area contributed by atoms with Crippen LogP contribution < -0.4 is 14.9 Å². The fourth-order valence-corrected chi connectivity index (χ4v) is 4.27. The molecule has 0 bridgehead atoms. The smallest absolute Gasteiger partial charge is 0.303 e. The van der Waals surface area contributed by atoms with Gasteiger partial charge in [0, 0.05) is 20.8 Å². The summed E-state index contributed by atoms with van der Waals surface area (Å²) < 4.78 is 39.8. The van der Waals surface area contributed by atoms with E-state index in [0.29, 0.717) is 6.61 Å². The van der Waals surface area contributed by atoms with Crippen LogP contribution in [0.2, 0.25) is 0 Å². The quantitative estimate of drug-likeness (QED) is 0.199. The van der Waals surface area contributed by atoms with E-state index in [0.717, 1.165) is 25.7 Å². The molecule has 2 aromatic rings. The van der Waals surface area contributed by atoms with E-state index in [-0.39, 0.29) is 39.0 Å². The van der Waals surface area contributed by atoms with E-state index >= 15 is 0 Å². The Morgan fingerprint density at radius 3 is 2.34 bits per heavy atom. The lowest BCUT2D eigenvalue weighted by Gasteiger charge is -2.24. The first-order chi connectivity index (χ1) is 18.1. The Labute approximate surface area is 227 Å². The average Bonchev–Trinajstić information content (AvgIpc) is 3.15. The molecule has 0 spiro atoms. The molecule has 1 aromatic heterocycles. The third kappa shape index (κ3) is 7.47. The molecule has 38 heavy (non-hydrogen) atoms. The van der Waals surface area contributed by atoms with Gasteiger partial charge in [-0.05, 0) is 34.5 Å². The first-order valence-corrected chi connectivity index (χ1v) is 13.1. The van der Waals surface area contributed by atoms with Crippen LogP contribution in [-0.2, 0) is 33.3 Å². The van der Waals surface area contributed by atoms with E-state index < -0.39 is 42.5 Å². The SMILES string of the molecule is CCCCCCOc1c(O[C@H]2O[C@H](COC(C)=O)[C@@H](OC(C)=O)[C@@H]2OC(C)=O)ccc2c(=O)c(Br)coc12. The van der Waals surface area contributed by atoms with Crippen molar-refractivity contribution >= 4 is 44.8 Å². The van der Waals surface area contributed by atoms with Gasteiger partial charge in [-0.3, -0.25) is 19.2 Å². The van der Waals surface area contributed by atoms with Gasteiger partial charge in [-0.25, -0.2) is 0 Å². The highest BCUT2D eigenvalue weighted by atomic mass is 79.9. The maximum Gasteiger partial charge on any atom is 0.303 e. The molecule has 0 saturated carbocycles. The van der Waals surface area contributed by atoms with Gasteiger partial charge in [0.1, 0.15) is 23.4 Å². The second-order valence-electron chi connectivity index (χ2n) is 8.70. The van der Waals surface area contributed by atoms with Crippen molar-refractivity contribution in [3.8, 4) is 11.5 Å². The highest BCUT2D eigenvalue weighted by Crippen LogP contribution is 2.38. The van der Waals surface area contributed by atoms with Crippen molar-refractivity contribution in [3.05, 3.63) is 33.1 Å². The standard InChI is InChI=1S/C26H31BrO11/c1-5-6-7-8-11-32-23-19(10-9-17-21(31)18(27)12-34-22(17)23)37-26-25(36-16(4)30)24(35-15(3)29)20(38-26)13-33-14(2)28/h9-10,12,20,24-26H,5-8,11,13H2,1-4H3/t20-,24-,25+,26+/m1/s1. The number of rotatable bonds is 12. The fourth-order valence-electron chi connectivity index (χ4n) is 3.96. The summed E-state index contributed by atoms with van der Waals surface area (Å²) in [6.07, 6.45) is 0.518. The monoisotopic (exact) mass is 598 g/mol. The lowest BCUT2D eigenvalue weighted by Crippen LogP contribution is -2.42. The first-order valence-electron chi connectivity index (χ1n) is 12.3. The molecule has 0 unspecified atom stereocenters. The molecule has 0 radical (unpaired) electrons. The van der Waals surface area contributed by atoms with Crippen LogP contribution in [0.3, 0.4) is 0 Å². The van der Waals surface area contributed by atoms with E-state index in [9.17, 15) is 19.2 Å². The molecular weight excluding hydrogens is 568 g/mol. The van der Waals surface area contributed by atoms with Gasteiger partial charge in [-0.2, -0.15) is 0 Å². The Morgan fingerprint density at radius 1 is 0.974 bits per heavy atom. The summed E-state index contributed by atoms with van der Waals surface area (Å²) in [6, 6.07) is 3.03. The van der Waals surface area contributed by atoms with Crippen LogP contribution in [0, 0.1) is 0 Å². The number of benzene rings is 1. The number of esters is 3. The van der Waals surface area contributed by atoms with Gasteiger partial charge >= 0.3 is 17.9 Å².